The van der Waals surface area contributed by atoms with Gasteiger partial charge in [-0.15, -0.1) is 0 Å². The van der Waals surface area contributed by atoms with Gasteiger partial charge in [-0.2, -0.15) is 0 Å². The van der Waals surface area contributed by atoms with Gasteiger partial charge in [0, 0.05) is 5.69 Å². The van der Waals surface area contributed by atoms with E-state index in [-0.39, 0.29) is 19.1 Å². The monoisotopic (exact) mass is 314 g/mol. The summed E-state index contributed by atoms with van der Waals surface area (Å²) in [6.45, 7) is 1.71. The topological polar surface area (TPSA) is 90.7 Å². The molecule has 0 radical (unpaired) electrons. The first kappa shape index (κ1) is 16.4. The largest absolute Gasteiger partial charge is 0.484 e. The number of benzene rings is 2. The molecule has 0 bridgehead atoms. The third-order valence-corrected chi connectivity index (χ3v) is 2.91. The Labute approximate surface area is 134 Å². The highest BCUT2D eigenvalue weighted by Gasteiger charge is 2.04. The predicted molar refractivity (Wildman–Crippen MR) is 86.4 cm³/mol. The average Bonchev–Trinajstić information content (AvgIpc) is 2.53. The van der Waals surface area contributed by atoms with Crippen molar-refractivity contribution in [2.45, 2.75) is 6.92 Å². The zero-order chi connectivity index (χ0) is 16.7. The van der Waals surface area contributed by atoms with Crippen LogP contribution in [-0.2, 0) is 9.59 Å². The van der Waals surface area contributed by atoms with Crippen LogP contribution < -0.4 is 20.5 Å². The molecule has 120 valence electrons. The van der Waals surface area contributed by atoms with Crippen LogP contribution in [0.25, 0.3) is 0 Å². The van der Waals surface area contributed by atoms with Crippen LogP contribution in [0.1, 0.15) is 5.56 Å². The number of carbonyl (C=O) groups is 2. The molecule has 0 heterocycles. The maximum atomic E-state index is 11.8. The van der Waals surface area contributed by atoms with E-state index >= 15 is 0 Å². The first-order valence-electron chi connectivity index (χ1n) is 7.03. The van der Waals surface area contributed by atoms with E-state index in [4.69, 9.17) is 15.2 Å². The Balaban J connectivity index is 1.80. The molecule has 3 N–H and O–H groups in total. The molecule has 0 atom stereocenters. The Morgan fingerprint density at radius 3 is 2.00 bits per heavy atom. The lowest BCUT2D eigenvalue weighted by Crippen LogP contribution is -2.20. The Bertz CT molecular complexity index is 666. The Morgan fingerprint density at radius 2 is 1.43 bits per heavy atom. The minimum atomic E-state index is -0.546. The van der Waals surface area contributed by atoms with Crippen molar-refractivity contribution in [2.24, 2.45) is 5.73 Å². The minimum absolute atomic E-state index is 0.0804. The highest BCUT2D eigenvalue weighted by molar-refractivity contribution is 5.91. The zero-order valence-electron chi connectivity index (χ0n) is 12.7. The number of nitrogens with one attached hydrogen (secondary N) is 1. The minimum Gasteiger partial charge on any atom is -0.484 e. The van der Waals surface area contributed by atoms with Crippen LogP contribution >= 0.6 is 0 Å². The SMILES string of the molecule is Cc1ccc(OCC(=O)Nc2ccc(OCC(N)=O)cc2)cc1. The molecule has 2 aromatic carbocycles. The summed E-state index contributed by atoms with van der Waals surface area (Å²) in [5.41, 5.74) is 6.72. The van der Waals surface area contributed by atoms with Gasteiger partial charge >= 0.3 is 0 Å². The molecule has 0 aliphatic rings. The maximum absolute atomic E-state index is 11.8. The molecule has 2 amide bonds. The summed E-state index contributed by atoms with van der Waals surface area (Å²) in [6.07, 6.45) is 0. The van der Waals surface area contributed by atoms with Crippen LogP contribution in [-0.4, -0.2) is 25.0 Å². The molecule has 23 heavy (non-hydrogen) atoms. The van der Waals surface area contributed by atoms with Gasteiger partial charge in [-0.25, -0.2) is 0 Å². The van der Waals surface area contributed by atoms with Crippen LogP contribution in [0, 0.1) is 6.92 Å². The van der Waals surface area contributed by atoms with E-state index in [9.17, 15) is 9.59 Å². The van der Waals surface area contributed by atoms with Crippen molar-refractivity contribution < 1.29 is 19.1 Å². The van der Waals surface area contributed by atoms with Crippen LogP contribution in [0.5, 0.6) is 11.5 Å². The molecule has 0 saturated heterocycles. The number of carbonyl (C=O) groups excluding carboxylic acids is 2. The van der Waals surface area contributed by atoms with Crippen molar-refractivity contribution in [3.8, 4) is 11.5 Å². The van der Waals surface area contributed by atoms with Crippen molar-refractivity contribution in [3.63, 3.8) is 0 Å². The van der Waals surface area contributed by atoms with E-state index in [1.54, 1.807) is 24.3 Å². The third kappa shape index (κ3) is 5.70. The number of nitrogens with two attached hydrogens (primary N) is 1. The van der Waals surface area contributed by atoms with E-state index in [0.717, 1.165) is 5.56 Å². The second-order valence-electron chi connectivity index (χ2n) is 4.93. The summed E-state index contributed by atoms with van der Waals surface area (Å²) in [7, 11) is 0. The molecule has 2 rings (SSSR count). The second-order valence-corrected chi connectivity index (χ2v) is 4.93. The molecule has 0 aliphatic carbocycles. The van der Waals surface area contributed by atoms with Crippen molar-refractivity contribution in [1.29, 1.82) is 0 Å². The number of ether oxygens (including phenoxy) is 2. The molecule has 0 aromatic heterocycles. The van der Waals surface area contributed by atoms with Crippen LogP contribution in [0.15, 0.2) is 48.5 Å². The lowest BCUT2D eigenvalue weighted by Gasteiger charge is -2.09. The smallest absolute Gasteiger partial charge is 0.262 e. The van der Waals surface area contributed by atoms with Gasteiger partial charge in [-0.3, -0.25) is 9.59 Å². The summed E-state index contributed by atoms with van der Waals surface area (Å²) < 4.78 is 10.5. The predicted octanol–water partition coefficient (Wildman–Crippen LogP) is 1.88. The third-order valence-electron chi connectivity index (χ3n) is 2.91. The summed E-state index contributed by atoms with van der Waals surface area (Å²) in [4.78, 5) is 22.4. The van der Waals surface area contributed by atoms with E-state index in [1.165, 1.54) is 0 Å². The van der Waals surface area contributed by atoms with Crippen LogP contribution in [0.4, 0.5) is 5.69 Å². The molecule has 0 unspecified atom stereocenters. The standard InChI is InChI=1S/C17H18N2O4/c1-12-2-6-14(7-3-12)23-11-17(21)19-13-4-8-15(9-5-13)22-10-16(18)20/h2-9H,10-11H2,1H3,(H2,18,20)(H,19,21). The molecule has 2 aromatic rings. The molecule has 0 spiro atoms. The molecular formula is C17H18N2O4. The highest BCUT2D eigenvalue weighted by Crippen LogP contribution is 2.16. The highest BCUT2D eigenvalue weighted by atomic mass is 16.5. The second kappa shape index (κ2) is 7.84. The van der Waals surface area contributed by atoms with E-state index in [1.807, 2.05) is 31.2 Å². The summed E-state index contributed by atoms with van der Waals surface area (Å²) >= 11 is 0. The number of amides is 2. The molecule has 6 heteroatoms. The van der Waals surface area contributed by atoms with Gasteiger partial charge in [-0.05, 0) is 43.3 Å². The molecule has 0 fully saturated rings. The van der Waals surface area contributed by atoms with E-state index in [0.29, 0.717) is 17.2 Å². The molecular weight excluding hydrogens is 296 g/mol. The number of hydrogen-bond acceptors (Lipinski definition) is 4. The number of rotatable bonds is 7. The van der Waals surface area contributed by atoms with Crippen LogP contribution in [0.3, 0.4) is 0 Å². The van der Waals surface area contributed by atoms with Crippen molar-refractivity contribution >= 4 is 17.5 Å². The summed E-state index contributed by atoms with van der Waals surface area (Å²) in [5.74, 6) is 0.325. The normalized spacial score (nSPS) is 9.96. The van der Waals surface area contributed by atoms with Gasteiger partial charge in [0.1, 0.15) is 11.5 Å². The lowest BCUT2D eigenvalue weighted by molar-refractivity contribution is -0.120. The van der Waals surface area contributed by atoms with Gasteiger partial charge < -0.3 is 20.5 Å². The van der Waals surface area contributed by atoms with E-state index < -0.39 is 5.91 Å². The first-order valence-corrected chi connectivity index (χ1v) is 7.03. The fraction of sp³-hybridized carbons (Fsp3) is 0.176. The summed E-state index contributed by atoms with van der Waals surface area (Å²) in [5, 5.41) is 2.70. The molecule has 0 saturated carbocycles. The van der Waals surface area contributed by atoms with Crippen LogP contribution in [0.2, 0.25) is 0 Å². The Hall–Kier alpha value is -3.02. The zero-order valence-corrected chi connectivity index (χ0v) is 12.7. The summed E-state index contributed by atoms with van der Waals surface area (Å²) in [6, 6.07) is 14.1. The van der Waals surface area contributed by atoms with Crippen molar-refractivity contribution in [1.82, 2.24) is 0 Å². The first-order chi connectivity index (χ1) is 11.0. The fourth-order valence-corrected chi connectivity index (χ4v) is 1.77. The fourth-order valence-electron chi connectivity index (χ4n) is 1.77. The number of anilines is 1. The van der Waals surface area contributed by atoms with Crippen molar-refractivity contribution in [3.05, 3.63) is 54.1 Å². The number of hydrogen-bond donors (Lipinski definition) is 2. The lowest BCUT2D eigenvalue weighted by atomic mass is 10.2. The van der Waals surface area contributed by atoms with Crippen molar-refractivity contribution in [2.75, 3.05) is 18.5 Å². The van der Waals surface area contributed by atoms with Gasteiger partial charge in [0.15, 0.2) is 13.2 Å². The van der Waals surface area contributed by atoms with Gasteiger partial charge in [-0.1, -0.05) is 17.7 Å². The molecule has 6 nitrogen and oxygen atoms in total. The van der Waals surface area contributed by atoms with Gasteiger partial charge in [0.05, 0.1) is 0 Å². The number of aryl methyl sites for hydroxylation is 1. The van der Waals surface area contributed by atoms with Gasteiger partial charge in [0.25, 0.3) is 11.8 Å². The van der Waals surface area contributed by atoms with Gasteiger partial charge in [0.2, 0.25) is 0 Å². The Morgan fingerprint density at radius 1 is 0.913 bits per heavy atom. The number of primary amides is 1. The maximum Gasteiger partial charge on any atom is 0.262 e. The van der Waals surface area contributed by atoms with E-state index in [2.05, 4.69) is 5.32 Å². The average molecular weight is 314 g/mol. The Kier molecular flexibility index (Phi) is 5.57. The molecule has 0 aliphatic heterocycles. The quantitative estimate of drug-likeness (QED) is 0.816.